The highest BCUT2D eigenvalue weighted by Gasteiger charge is 2.78. The second-order valence-corrected chi connectivity index (χ2v) is 15.4. The number of rotatable bonds is 8. The topological polar surface area (TPSA) is 192 Å². The first-order chi connectivity index (χ1) is 24.9. The number of hydrogen-bond acceptors (Lipinski definition) is 13. The number of carbonyl (C=O) groups is 5. The minimum absolute atomic E-state index is 0.0722. The Morgan fingerprint density at radius 2 is 1.55 bits per heavy atom. The molecule has 10 atom stereocenters. The third-order valence-corrected chi connectivity index (χ3v) is 12.0. The Hall–Kier alpha value is -4.43. The SMILES string of the molecule is CC(=O)O[C@H]1C(=O)[C@@]2(C)C(C(OC(=O)c3ccccc3)[C@]3(O)C[C@H](OC(=O)[C@H](O)Cc4ccccc4)C(C)=C1C3(C)C)[C@]1(OC(C)=O)CO[C@@H]1C[C@@H]2O. The second-order valence-electron chi connectivity index (χ2n) is 15.4. The summed E-state index contributed by atoms with van der Waals surface area (Å²) in [5, 5.41) is 36.3. The zero-order valence-electron chi connectivity index (χ0n) is 30.6. The van der Waals surface area contributed by atoms with E-state index < -0.39 is 101 Å². The maximum absolute atomic E-state index is 15.3. The molecule has 2 aromatic rings. The number of ketones is 1. The molecule has 4 aliphatic rings. The van der Waals surface area contributed by atoms with Crippen molar-refractivity contribution in [2.24, 2.45) is 16.7 Å². The van der Waals surface area contributed by atoms with Crippen molar-refractivity contribution in [3.63, 3.8) is 0 Å². The van der Waals surface area contributed by atoms with Gasteiger partial charge in [0.25, 0.3) is 0 Å². The fourth-order valence-corrected chi connectivity index (χ4v) is 9.16. The third kappa shape index (κ3) is 6.17. The zero-order valence-corrected chi connectivity index (χ0v) is 30.6. The van der Waals surface area contributed by atoms with Gasteiger partial charge in [-0.2, -0.15) is 0 Å². The smallest absolute Gasteiger partial charge is 0.338 e. The van der Waals surface area contributed by atoms with Gasteiger partial charge in [-0.1, -0.05) is 62.4 Å². The molecule has 0 radical (unpaired) electrons. The standard InChI is InChI=1S/C40H46O13/c1-21-27(51-36(47)26(43)17-24-13-9-7-10-14-24)19-40(48)34(52-35(46)25-15-11-8-12-16-25)32-38(6,28(44)18-29-39(32,20-49-29)53-23(3)42)33(45)31(50-22(2)41)30(21)37(40,4)5/h7-16,26-29,31-32,34,43-44,48H,17-20H2,1-6H3/t26-,27+,28+,29-,31-,32?,34?,38-,39+,40-/m1/s1. The third-order valence-electron chi connectivity index (χ3n) is 12.0. The number of Topliss-reactive ketones (excluding diaryl/α,β-unsaturated/α-hetero) is 1. The molecule has 2 aromatic carbocycles. The van der Waals surface area contributed by atoms with Crippen LogP contribution in [0.25, 0.3) is 0 Å². The Bertz CT molecular complexity index is 1820. The fourth-order valence-electron chi connectivity index (χ4n) is 9.16. The molecule has 0 spiro atoms. The summed E-state index contributed by atoms with van der Waals surface area (Å²) < 4.78 is 29.9. The van der Waals surface area contributed by atoms with Crippen LogP contribution in [0.3, 0.4) is 0 Å². The molecule has 3 fully saturated rings. The van der Waals surface area contributed by atoms with Gasteiger partial charge in [0.1, 0.15) is 23.9 Å². The van der Waals surface area contributed by atoms with E-state index in [2.05, 4.69) is 0 Å². The number of aliphatic hydroxyl groups excluding tert-OH is 2. The van der Waals surface area contributed by atoms with Gasteiger partial charge in [0, 0.05) is 38.5 Å². The molecule has 1 heterocycles. The molecule has 284 valence electrons. The molecule has 6 rings (SSSR count). The second kappa shape index (κ2) is 13.8. The molecular weight excluding hydrogens is 688 g/mol. The highest BCUT2D eigenvalue weighted by atomic mass is 16.6. The number of fused-ring (bicyclic) bond motifs is 5. The van der Waals surface area contributed by atoms with E-state index in [1.54, 1.807) is 69.3 Å². The van der Waals surface area contributed by atoms with Crippen LogP contribution in [-0.2, 0) is 49.3 Å². The molecule has 2 saturated carbocycles. The Kier molecular flexibility index (Phi) is 9.95. The van der Waals surface area contributed by atoms with Crippen molar-refractivity contribution in [1.82, 2.24) is 0 Å². The molecule has 0 aromatic heterocycles. The van der Waals surface area contributed by atoms with Crippen LogP contribution in [0.2, 0.25) is 0 Å². The average molecular weight is 735 g/mol. The Labute approximate surface area is 307 Å². The summed E-state index contributed by atoms with van der Waals surface area (Å²) in [6.45, 7) is 8.20. The van der Waals surface area contributed by atoms with Crippen LogP contribution in [0.15, 0.2) is 71.8 Å². The molecule has 2 unspecified atom stereocenters. The van der Waals surface area contributed by atoms with Crippen LogP contribution in [0, 0.1) is 16.7 Å². The van der Waals surface area contributed by atoms with E-state index in [-0.39, 0.29) is 36.2 Å². The minimum atomic E-state index is -2.28. The Morgan fingerprint density at radius 1 is 0.925 bits per heavy atom. The van der Waals surface area contributed by atoms with Crippen LogP contribution in [0.5, 0.6) is 0 Å². The molecule has 1 aliphatic heterocycles. The molecule has 13 nitrogen and oxygen atoms in total. The average Bonchev–Trinajstić information content (AvgIpc) is 3.10. The molecule has 53 heavy (non-hydrogen) atoms. The van der Waals surface area contributed by atoms with Gasteiger partial charge in [-0.3, -0.25) is 14.4 Å². The van der Waals surface area contributed by atoms with E-state index in [4.69, 9.17) is 23.7 Å². The van der Waals surface area contributed by atoms with Crippen LogP contribution in [0.4, 0.5) is 0 Å². The van der Waals surface area contributed by atoms with Crippen molar-refractivity contribution in [2.75, 3.05) is 6.61 Å². The quantitative estimate of drug-likeness (QED) is 0.204. The van der Waals surface area contributed by atoms with Crippen LogP contribution < -0.4 is 0 Å². The molecule has 13 heteroatoms. The summed E-state index contributed by atoms with van der Waals surface area (Å²) in [6.07, 6.45) is -9.58. The van der Waals surface area contributed by atoms with Gasteiger partial charge >= 0.3 is 23.9 Å². The van der Waals surface area contributed by atoms with Crippen molar-refractivity contribution < 1.29 is 63.0 Å². The molecular formula is C40H46O13. The van der Waals surface area contributed by atoms with Crippen molar-refractivity contribution in [3.05, 3.63) is 82.9 Å². The summed E-state index contributed by atoms with van der Waals surface area (Å²) in [5.41, 5.74) is -6.44. The number of hydrogen-bond donors (Lipinski definition) is 3. The van der Waals surface area contributed by atoms with Gasteiger partial charge < -0.3 is 39.0 Å². The van der Waals surface area contributed by atoms with E-state index in [0.29, 0.717) is 5.56 Å². The molecule has 3 N–H and O–H groups in total. The number of carbonyl (C=O) groups excluding carboxylic acids is 5. The van der Waals surface area contributed by atoms with Crippen LogP contribution in [0.1, 0.15) is 70.3 Å². The van der Waals surface area contributed by atoms with Gasteiger partial charge in [0.2, 0.25) is 0 Å². The zero-order chi connectivity index (χ0) is 38.7. The summed E-state index contributed by atoms with van der Waals surface area (Å²) in [5.74, 6) is -5.79. The Morgan fingerprint density at radius 3 is 2.11 bits per heavy atom. The monoisotopic (exact) mass is 734 g/mol. The predicted octanol–water partition coefficient (Wildman–Crippen LogP) is 2.81. The van der Waals surface area contributed by atoms with Crippen molar-refractivity contribution in [3.8, 4) is 0 Å². The van der Waals surface area contributed by atoms with Gasteiger partial charge in [-0.25, -0.2) is 9.59 Å². The highest BCUT2D eigenvalue weighted by molar-refractivity contribution is 5.95. The van der Waals surface area contributed by atoms with Crippen molar-refractivity contribution >= 4 is 29.7 Å². The Balaban J connectivity index is 1.57. The predicted molar refractivity (Wildman–Crippen MR) is 185 cm³/mol. The fraction of sp³-hybridized carbons (Fsp3) is 0.525. The maximum Gasteiger partial charge on any atom is 0.338 e. The van der Waals surface area contributed by atoms with Crippen LogP contribution >= 0.6 is 0 Å². The normalized spacial score (nSPS) is 34.8. The van der Waals surface area contributed by atoms with Crippen molar-refractivity contribution in [1.29, 1.82) is 0 Å². The van der Waals surface area contributed by atoms with E-state index in [0.717, 1.165) is 6.92 Å². The van der Waals surface area contributed by atoms with E-state index in [1.165, 1.54) is 26.0 Å². The van der Waals surface area contributed by atoms with E-state index in [1.807, 2.05) is 0 Å². The van der Waals surface area contributed by atoms with Gasteiger partial charge in [-0.15, -0.1) is 0 Å². The number of aliphatic hydroxyl groups is 3. The first-order valence-electron chi connectivity index (χ1n) is 17.7. The summed E-state index contributed by atoms with van der Waals surface area (Å²) >= 11 is 0. The van der Waals surface area contributed by atoms with Crippen LogP contribution in [-0.4, -0.2) is 99.4 Å². The van der Waals surface area contributed by atoms with Gasteiger partial charge in [0.15, 0.2) is 23.6 Å². The number of benzene rings is 2. The van der Waals surface area contributed by atoms with Crippen molar-refractivity contribution in [2.45, 2.75) is 109 Å². The molecule has 2 bridgehead atoms. The maximum atomic E-state index is 15.3. The minimum Gasteiger partial charge on any atom is -0.456 e. The molecule has 1 saturated heterocycles. The molecule has 3 aliphatic carbocycles. The highest BCUT2D eigenvalue weighted by Crippen LogP contribution is 2.64. The summed E-state index contributed by atoms with van der Waals surface area (Å²) in [7, 11) is 0. The largest absolute Gasteiger partial charge is 0.456 e. The lowest BCUT2D eigenvalue weighted by molar-refractivity contribution is -0.346. The summed E-state index contributed by atoms with van der Waals surface area (Å²) in [6, 6.07) is 16.7. The summed E-state index contributed by atoms with van der Waals surface area (Å²) in [4.78, 5) is 68.5. The number of esters is 4. The first-order valence-corrected chi connectivity index (χ1v) is 17.7. The van der Waals surface area contributed by atoms with E-state index >= 15 is 4.79 Å². The first kappa shape index (κ1) is 38.3. The lowest BCUT2D eigenvalue weighted by Gasteiger charge is -2.67. The molecule has 0 amide bonds. The lowest BCUT2D eigenvalue weighted by Crippen LogP contribution is -2.82. The number of ether oxygens (including phenoxy) is 5. The van der Waals surface area contributed by atoms with Gasteiger partial charge in [0.05, 0.1) is 29.6 Å². The van der Waals surface area contributed by atoms with E-state index in [9.17, 15) is 34.5 Å². The lowest BCUT2D eigenvalue weighted by atomic mass is 9.44. The van der Waals surface area contributed by atoms with Gasteiger partial charge in [-0.05, 0) is 42.7 Å².